The molecule has 0 spiro atoms. The molecular formula is C20H22F3N3O. The van der Waals surface area contributed by atoms with E-state index >= 15 is 0 Å². The molecule has 3 N–H and O–H groups in total. The summed E-state index contributed by atoms with van der Waals surface area (Å²) in [6.45, 7) is 0.782. The number of para-hydroxylation sites is 1. The number of nitrogens with two attached hydrogens (primary N) is 1. The monoisotopic (exact) mass is 377 g/mol. The van der Waals surface area contributed by atoms with Crippen LogP contribution in [0.5, 0.6) is 0 Å². The highest BCUT2D eigenvalue weighted by Gasteiger charge is 2.45. The fourth-order valence-electron chi connectivity index (χ4n) is 3.05. The molecule has 3 rings (SSSR count). The smallest absolute Gasteiger partial charge is 0.380 e. The zero-order valence-corrected chi connectivity index (χ0v) is 15.0. The van der Waals surface area contributed by atoms with Gasteiger partial charge in [-0.1, -0.05) is 36.4 Å². The third-order valence-corrected chi connectivity index (χ3v) is 4.79. The molecule has 1 saturated carbocycles. The molecule has 27 heavy (non-hydrogen) atoms. The van der Waals surface area contributed by atoms with Crippen LogP contribution in [0.2, 0.25) is 0 Å². The Bertz CT molecular complexity index is 829. The summed E-state index contributed by atoms with van der Waals surface area (Å²) in [6.07, 6.45) is -2.75. The highest BCUT2D eigenvalue weighted by Crippen LogP contribution is 2.49. The summed E-state index contributed by atoms with van der Waals surface area (Å²) in [7, 11) is 1.61. The first kappa shape index (κ1) is 19.2. The van der Waals surface area contributed by atoms with Gasteiger partial charge in [0, 0.05) is 23.8 Å². The van der Waals surface area contributed by atoms with Crippen molar-refractivity contribution in [3.05, 3.63) is 65.2 Å². The van der Waals surface area contributed by atoms with Crippen molar-refractivity contribution in [3.8, 4) is 0 Å². The molecule has 0 radical (unpaired) electrons. The maximum atomic E-state index is 13.0. The molecular weight excluding hydrogens is 355 g/mol. The Hall–Kier alpha value is -2.54. The van der Waals surface area contributed by atoms with Gasteiger partial charge in [0.25, 0.3) is 0 Å². The molecule has 0 heterocycles. The lowest BCUT2D eigenvalue weighted by molar-refractivity contribution is -0.137. The van der Waals surface area contributed by atoms with E-state index in [1.807, 2.05) is 24.3 Å². The lowest BCUT2D eigenvalue weighted by atomic mass is 9.94. The molecule has 1 aliphatic rings. The standard InChI is InChI=1S/C20H22F3N3O/c1-27-12-14-5-2-3-8-17(14)26-18(24)25-13-19(9-10-19)15-6-4-7-16(11-15)20(21,22)23/h2-8,11H,9-10,12-13H2,1H3,(H3,24,25,26). The minimum Gasteiger partial charge on any atom is -0.380 e. The number of guanidine groups is 1. The molecule has 144 valence electrons. The summed E-state index contributed by atoms with van der Waals surface area (Å²) >= 11 is 0. The molecule has 0 bridgehead atoms. The second-order valence-electron chi connectivity index (χ2n) is 6.78. The fourth-order valence-corrected chi connectivity index (χ4v) is 3.05. The van der Waals surface area contributed by atoms with Gasteiger partial charge in [-0.05, 0) is 30.5 Å². The molecule has 2 aromatic carbocycles. The average Bonchev–Trinajstić information content (AvgIpc) is 3.43. The summed E-state index contributed by atoms with van der Waals surface area (Å²) in [5.74, 6) is 0.233. The van der Waals surface area contributed by atoms with Crippen LogP contribution in [0.25, 0.3) is 0 Å². The highest BCUT2D eigenvalue weighted by molar-refractivity contribution is 5.93. The Morgan fingerprint density at radius 2 is 1.93 bits per heavy atom. The number of rotatable bonds is 6. The number of aliphatic imine (C=N–C) groups is 1. The van der Waals surface area contributed by atoms with Gasteiger partial charge in [-0.15, -0.1) is 0 Å². The summed E-state index contributed by atoms with van der Waals surface area (Å²) in [4.78, 5) is 4.38. The molecule has 1 aliphatic carbocycles. The quantitative estimate of drug-likeness (QED) is 0.583. The summed E-state index contributed by atoms with van der Waals surface area (Å²) in [6, 6.07) is 13.1. The number of ether oxygens (including phenoxy) is 1. The van der Waals surface area contributed by atoms with Crippen LogP contribution in [-0.2, 0) is 22.9 Å². The number of nitrogens with one attached hydrogen (secondary N) is 1. The van der Waals surface area contributed by atoms with E-state index in [1.54, 1.807) is 13.2 Å². The van der Waals surface area contributed by atoms with Crippen molar-refractivity contribution in [2.24, 2.45) is 10.7 Å². The van der Waals surface area contributed by atoms with Gasteiger partial charge in [-0.25, -0.2) is 0 Å². The zero-order chi connectivity index (χ0) is 19.5. The summed E-state index contributed by atoms with van der Waals surface area (Å²) in [5.41, 5.74) is 7.41. The van der Waals surface area contributed by atoms with Gasteiger partial charge in [0.2, 0.25) is 0 Å². The molecule has 0 atom stereocenters. The number of methoxy groups -OCH3 is 1. The van der Waals surface area contributed by atoms with Crippen LogP contribution in [0.15, 0.2) is 53.5 Å². The highest BCUT2D eigenvalue weighted by atomic mass is 19.4. The second kappa shape index (κ2) is 7.60. The van der Waals surface area contributed by atoms with Crippen molar-refractivity contribution < 1.29 is 17.9 Å². The second-order valence-corrected chi connectivity index (χ2v) is 6.78. The zero-order valence-electron chi connectivity index (χ0n) is 15.0. The number of nitrogens with zero attached hydrogens (tertiary/aromatic N) is 1. The minimum absolute atomic E-state index is 0.233. The van der Waals surface area contributed by atoms with E-state index < -0.39 is 11.7 Å². The minimum atomic E-state index is -4.35. The first-order valence-electron chi connectivity index (χ1n) is 8.66. The molecule has 0 saturated heterocycles. The number of anilines is 1. The predicted molar refractivity (Wildman–Crippen MR) is 99.6 cm³/mol. The van der Waals surface area contributed by atoms with Gasteiger partial charge in [-0.3, -0.25) is 4.99 Å². The van der Waals surface area contributed by atoms with E-state index in [-0.39, 0.29) is 11.4 Å². The van der Waals surface area contributed by atoms with Crippen LogP contribution in [-0.4, -0.2) is 19.6 Å². The van der Waals surface area contributed by atoms with Crippen LogP contribution in [0, 0.1) is 0 Å². The Morgan fingerprint density at radius 3 is 2.59 bits per heavy atom. The lowest BCUT2D eigenvalue weighted by Crippen LogP contribution is -2.25. The Labute approximate surface area is 156 Å². The van der Waals surface area contributed by atoms with Gasteiger partial charge in [0.1, 0.15) is 0 Å². The van der Waals surface area contributed by atoms with Crippen LogP contribution >= 0.6 is 0 Å². The van der Waals surface area contributed by atoms with Crippen LogP contribution < -0.4 is 11.1 Å². The average molecular weight is 377 g/mol. The van der Waals surface area contributed by atoms with Crippen molar-refractivity contribution in [3.63, 3.8) is 0 Å². The van der Waals surface area contributed by atoms with Gasteiger partial charge in [-0.2, -0.15) is 13.2 Å². The molecule has 0 amide bonds. The van der Waals surface area contributed by atoms with Crippen molar-refractivity contribution in [2.75, 3.05) is 19.0 Å². The third-order valence-electron chi connectivity index (χ3n) is 4.79. The van der Waals surface area contributed by atoms with Gasteiger partial charge in [0.15, 0.2) is 5.96 Å². The number of halogens is 3. The van der Waals surface area contributed by atoms with Crippen molar-refractivity contribution >= 4 is 11.6 Å². The van der Waals surface area contributed by atoms with Gasteiger partial charge >= 0.3 is 6.18 Å². The lowest BCUT2D eigenvalue weighted by Gasteiger charge is -2.16. The van der Waals surface area contributed by atoms with E-state index in [4.69, 9.17) is 10.5 Å². The molecule has 0 unspecified atom stereocenters. The van der Waals surface area contributed by atoms with E-state index in [0.717, 1.165) is 30.2 Å². The van der Waals surface area contributed by atoms with Crippen molar-refractivity contribution in [1.82, 2.24) is 0 Å². The topological polar surface area (TPSA) is 59.6 Å². The molecule has 2 aromatic rings. The van der Waals surface area contributed by atoms with Crippen molar-refractivity contribution in [1.29, 1.82) is 0 Å². The van der Waals surface area contributed by atoms with Crippen LogP contribution in [0.4, 0.5) is 18.9 Å². The van der Waals surface area contributed by atoms with E-state index in [0.29, 0.717) is 18.7 Å². The molecule has 0 aromatic heterocycles. The van der Waals surface area contributed by atoms with E-state index in [9.17, 15) is 13.2 Å². The Kier molecular flexibility index (Phi) is 5.41. The Morgan fingerprint density at radius 1 is 1.19 bits per heavy atom. The van der Waals surface area contributed by atoms with E-state index in [2.05, 4.69) is 10.3 Å². The SMILES string of the molecule is COCc1ccccc1NC(N)=NCC1(c2cccc(C(F)(F)F)c2)CC1. The molecule has 7 heteroatoms. The fraction of sp³-hybridized carbons (Fsp3) is 0.350. The number of alkyl halides is 3. The summed E-state index contributed by atoms with van der Waals surface area (Å²) in [5, 5.41) is 3.05. The normalized spacial score (nSPS) is 16.2. The first-order chi connectivity index (χ1) is 12.8. The first-order valence-corrected chi connectivity index (χ1v) is 8.66. The maximum Gasteiger partial charge on any atom is 0.416 e. The molecule has 0 aliphatic heterocycles. The number of hydrogen-bond acceptors (Lipinski definition) is 2. The van der Waals surface area contributed by atoms with Crippen LogP contribution in [0.1, 0.15) is 29.5 Å². The van der Waals surface area contributed by atoms with Crippen molar-refractivity contribution in [2.45, 2.75) is 31.0 Å². The Balaban J connectivity index is 1.72. The largest absolute Gasteiger partial charge is 0.416 e. The third kappa shape index (κ3) is 4.60. The number of benzene rings is 2. The van der Waals surface area contributed by atoms with E-state index in [1.165, 1.54) is 12.1 Å². The van der Waals surface area contributed by atoms with Crippen LogP contribution in [0.3, 0.4) is 0 Å². The van der Waals surface area contributed by atoms with Gasteiger partial charge in [0.05, 0.1) is 18.7 Å². The predicted octanol–water partition coefficient (Wildman–Crippen LogP) is 4.31. The molecule has 1 fully saturated rings. The maximum absolute atomic E-state index is 13.0. The number of hydrogen-bond donors (Lipinski definition) is 2. The van der Waals surface area contributed by atoms with Gasteiger partial charge < -0.3 is 15.8 Å². The molecule has 4 nitrogen and oxygen atoms in total. The summed E-state index contributed by atoms with van der Waals surface area (Å²) < 4.78 is 44.1.